The van der Waals surface area contributed by atoms with Crippen LogP contribution in [-0.4, -0.2) is 11.7 Å². The van der Waals surface area contributed by atoms with Crippen molar-refractivity contribution in [3.05, 3.63) is 69.2 Å². The first-order valence-corrected chi connectivity index (χ1v) is 10.9. The highest BCUT2D eigenvalue weighted by molar-refractivity contribution is 6.30. The Morgan fingerprint density at radius 2 is 1.86 bits per heavy atom. The lowest BCUT2D eigenvalue weighted by Crippen LogP contribution is -1.99. The van der Waals surface area contributed by atoms with Crippen LogP contribution >= 0.6 is 11.6 Å². The third-order valence-electron chi connectivity index (χ3n) is 5.42. The van der Waals surface area contributed by atoms with Crippen LogP contribution in [0.1, 0.15) is 74.6 Å². The van der Waals surface area contributed by atoms with Crippen LogP contribution in [-0.2, 0) is 13.0 Å². The summed E-state index contributed by atoms with van der Waals surface area (Å²) in [5.41, 5.74) is 7.51. The summed E-state index contributed by atoms with van der Waals surface area (Å²) in [6.45, 7) is 5.18. The minimum absolute atomic E-state index is 0.156. The lowest BCUT2D eigenvalue weighted by molar-refractivity contribution is 0.298. The molecule has 28 heavy (non-hydrogen) atoms. The monoisotopic (exact) mass is 398 g/mol. The first kappa shape index (κ1) is 21.0. The molecule has 0 radical (unpaired) electrons. The Hall–Kier alpha value is -1.77. The molecule has 0 aromatic heterocycles. The summed E-state index contributed by atoms with van der Waals surface area (Å²) in [4.78, 5) is 0. The molecule has 2 aromatic rings. The maximum atomic E-state index is 9.41. The van der Waals surface area contributed by atoms with E-state index < -0.39 is 0 Å². The molecule has 0 spiro atoms. The average molecular weight is 399 g/mol. The number of hydrogen-bond acceptors (Lipinski definition) is 2. The zero-order chi connectivity index (χ0) is 19.9. The van der Waals surface area contributed by atoms with Crippen LogP contribution in [0, 0.1) is 0 Å². The smallest absolute Gasteiger partial charge is 0.127 e. The minimum Gasteiger partial charge on any atom is -0.488 e. The topological polar surface area (TPSA) is 29.5 Å². The summed E-state index contributed by atoms with van der Waals surface area (Å²) >= 11 is 6.30. The number of allylic oxidation sites excluding steroid dienone is 1. The first-order valence-electron chi connectivity index (χ1n) is 10.6. The normalized spacial score (nSPS) is 14.7. The number of aliphatic hydroxyl groups excluding tert-OH is 1. The van der Waals surface area contributed by atoms with Gasteiger partial charge < -0.3 is 9.84 Å². The van der Waals surface area contributed by atoms with Crippen molar-refractivity contribution in [2.75, 3.05) is 6.61 Å². The summed E-state index contributed by atoms with van der Waals surface area (Å²) in [5.74, 6) is 0.924. The highest BCUT2D eigenvalue weighted by atomic mass is 35.5. The number of hydrogen-bond donors (Lipinski definition) is 1. The van der Waals surface area contributed by atoms with Crippen molar-refractivity contribution in [1.82, 2.24) is 0 Å². The summed E-state index contributed by atoms with van der Waals surface area (Å²) in [6, 6.07) is 12.5. The fourth-order valence-electron chi connectivity index (χ4n) is 4.06. The van der Waals surface area contributed by atoms with Gasteiger partial charge in [0.05, 0.1) is 0 Å². The van der Waals surface area contributed by atoms with Crippen molar-refractivity contribution in [2.24, 2.45) is 0 Å². The molecule has 0 saturated heterocycles. The van der Waals surface area contributed by atoms with E-state index in [9.17, 15) is 5.11 Å². The average Bonchev–Trinajstić information content (AvgIpc) is 2.84. The number of fused-ring (bicyclic) bond motifs is 2. The number of ether oxygens (including phenoxy) is 1. The summed E-state index contributed by atoms with van der Waals surface area (Å²) in [6.07, 6.45) is 7.68. The lowest BCUT2D eigenvalue weighted by Gasteiger charge is -2.18. The quantitative estimate of drug-likeness (QED) is 0.487. The molecule has 0 fully saturated rings. The summed E-state index contributed by atoms with van der Waals surface area (Å²) in [7, 11) is 0. The molecule has 0 bridgehead atoms. The van der Waals surface area contributed by atoms with Gasteiger partial charge in [-0.1, -0.05) is 62.4 Å². The molecule has 0 amide bonds. The van der Waals surface area contributed by atoms with E-state index in [1.807, 2.05) is 12.1 Å². The number of halogens is 1. The zero-order valence-electron chi connectivity index (χ0n) is 17.1. The van der Waals surface area contributed by atoms with Gasteiger partial charge in [0, 0.05) is 17.2 Å². The molecule has 2 nitrogen and oxygen atoms in total. The van der Waals surface area contributed by atoms with Gasteiger partial charge in [-0.05, 0) is 72.2 Å². The van der Waals surface area contributed by atoms with Gasteiger partial charge in [-0.25, -0.2) is 0 Å². The number of rotatable bonds is 8. The molecule has 0 atom stereocenters. The van der Waals surface area contributed by atoms with E-state index in [0.29, 0.717) is 13.0 Å². The van der Waals surface area contributed by atoms with Crippen LogP contribution in [0.25, 0.3) is 5.57 Å². The number of unbranched alkanes of at least 4 members (excludes halogenated alkanes) is 2. The molecular weight excluding hydrogens is 368 g/mol. The maximum Gasteiger partial charge on any atom is 0.127 e. The van der Waals surface area contributed by atoms with E-state index >= 15 is 0 Å². The van der Waals surface area contributed by atoms with Crippen LogP contribution in [0.2, 0.25) is 5.02 Å². The Bertz CT molecular complexity index is 838. The Kier molecular flexibility index (Phi) is 7.58. The fourth-order valence-corrected chi connectivity index (χ4v) is 4.25. The van der Waals surface area contributed by atoms with E-state index in [0.717, 1.165) is 46.7 Å². The van der Waals surface area contributed by atoms with Gasteiger partial charge in [-0.2, -0.15) is 0 Å². The van der Waals surface area contributed by atoms with E-state index in [2.05, 4.69) is 38.1 Å². The Balaban J connectivity index is 2.21. The van der Waals surface area contributed by atoms with Crippen LogP contribution in [0.3, 0.4) is 0 Å². The second-order valence-corrected chi connectivity index (χ2v) is 8.02. The van der Waals surface area contributed by atoms with Crippen LogP contribution in [0.5, 0.6) is 5.75 Å². The summed E-state index contributed by atoms with van der Waals surface area (Å²) < 4.78 is 6.19. The van der Waals surface area contributed by atoms with Crippen molar-refractivity contribution in [2.45, 2.75) is 65.4 Å². The van der Waals surface area contributed by atoms with Crippen LogP contribution < -0.4 is 4.74 Å². The van der Waals surface area contributed by atoms with Crippen LogP contribution in [0.4, 0.5) is 0 Å². The van der Waals surface area contributed by atoms with E-state index in [1.165, 1.54) is 36.0 Å². The molecule has 3 heteroatoms. The van der Waals surface area contributed by atoms with E-state index in [4.69, 9.17) is 16.3 Å². The lowest BCUT2D eigenvalue weighted by atomic mass is 9.86. The van der Waals surface area contributed by atoms with Gasteiger partial charge >= 0.3 is 0 Å². The predicted octanol–water partition coefficient (Wildman–Crippen LogP) is 6.95. The Morgan fingerprint density at radius 3 is 2.61 bits per heavy atom. The number of aliphatic hydroxyl groups is 1. The van der Waals surface area contributed by atoms with Crippen molar-refractivity contribution in [3.8, 4) is 5.75 Å². The molecule has 0 unspecified atom stereocenters. The molecule has 1 N–H and O–H groups in total. The second kappa shape index (κ2) is 10.1. The molecule has 1 aliphatic heterocycles. The Labute approximate surface area is 174 Å². The van der Waals surface area contributed by atoms with Gasteiger partial charge in [0.25, 0.3) is 0 Å². The fraction of sp³-hybridized carbons (Fsp3) is 0.440. The molecule has 150 valence electrons. The van der Waals surface area contributed by atoms with E-state index in [1.54, 1.807) is 0 Å². The van der Waals surface area contributed by atoms with Crippen molar-refractivity contribution >= 4 is 17.2 Å². The molecule has 1 heterocycles. The molecule has 0 aliphatic carbocycles. The standard InChI is InChI=1S/C25H31ClO2/c1-3-5-6-8-19(7-4-2)25-22-11-10-21(26)16-20(22)17-28-24-12-9-18(13-14-27)15-23(24)25/h9-12,15-16,27H,3-8,13-14,17H2,1-2H3/b25-19-. The predicted molar refractivity (Wildman–Crippen MR) is 118 cm³/mol. The van der Waals surface area contributed by atoms with Crippen molar-refractivity contribution in [1.29, 1.82) is 0 Å². The van der Waals surface area contributed by atoms with E-state index in [-0.39, 0.29) is 6.61 Å². The Morgan fingerprint density at radius 1 is 1.00 bits per heavy atom. The van der Waals surface area contributed by atoms with Gasteiger partial charge in [0.15, 0.2) is 0 Å². The first-order chi connectivity index (χ1) is 13.7. The van der Waals surface area contributed by atoms with Gasteiger partial charge in [0.1, 0.15) is 12.4 Å². The third-order valence-corrected chi connectivity index (χ3v) is 5.66. The SMILES string of the molecule is CCCCC/C(CCC)=C1/c2ccc(Cl)cc2COc2ccc(CCO)cc21. The largest absolute Gasteiger partial charge is 0.488 e. The van der Waals surface area contributed by atoms with Crippen LogP contribution in [0.15, 0.2) is 42.0 Å². The second-order valence-electron chi connectivity index (χ2n) is 7.58. The van der Waals surface area contributed by atoms with Crippen molar-refractivity contribution < 1.29 is 9.84 Å². The van der Waals surface area contributed by atoms with Gasteiger partial charge in [-0.15, -0.1) is 0 Å². The highest BCUT2D eigenvalue weighted by Crippen LogP contribution is 2.42. The molecular formula is C25H31ClO2. The molecule has 0 saturated carbocycles. The van der Waals surface area contributed by atoms with Crippen molar-refractivity contribution in [3.63, 3.8) is 0 Å². The minimum atomic E-state index is 0.156. The molecule has 2 aromatic carbocycles. The number of benzene rings is 2. The zero-order valence-corrected chi connectivity index (χ0v) is 17.8. The van der Waals surface area contributed by atoms with Gasteiger partial charge in [0.2, 0.25) is 0 Å². The highest BCUT2D eigenvalue weighted by Gasteiger charge is 2.22. The molecule has 3 rings (SSSR count). The molecule has 1 aliphatic rings. The summed E-state index contributed by atoms with van der Waals surface area (Å²) in [5, 5.41) is 10.2. The maximum absolute atomic E-state index is 9.41. The third kappa shape index (κ3) is 4.79. The van der Waals surface area contributed by atoms with Gasteiger partial charge in [-0.3, -0.25) is 0 Å².